The summed E-state index contributed by atoms with van der Waals surface area (Å²) in [4.78, 5) is 2.74. The number of sulfonamides is 1. The van der Waals surface area contributed by atoms with E-state index >= 15 is 0 Å². The Morgan fingerprint density at radius 3 is 2.33 bits per heavy atom. The Morgan fingerprint density at radius 2 is 1.79 bits per heavy atom. The number of azide groups is 1. The van der Waals surface area contributed by atoms with Crippen LogP contribution in [0.1, 0.15) is 11.1 Å². The van der Waals surface area contributed by atoms with Gasteiger partial charge in [-0.05, 0) is 34.9 Å². The molecule has 0 aliphatic heterocycles. The first-order valence-electron chi connectivity index (χ1n) is 6.67. The third kappa shape index (κ3) is 3.70. The molecule has 0 unspecified atom stereocenters. The van der Waals surface area contributed by atoms with Gasteiger partial charge in [0.05, 0.1) is 16.5 Å². The summed E-state index contributed by atoms with van der Waals surface area (Å²) in [6, 6.07) is 15.8. The predicted molar refractivity (Wildman–Crippen MR) is 88.2 cm³/mol. The lowest BCUT2D eigenvalue weighted by molar-refractivity contribution is 0.489. The number of hydrogen-bond acceptors (Lipinski definition) is 4. The molecular formula is C15H12N6O2S. The van der Waals surface area contributed by atoms with E-state index in [1.54, 1.807) is 18.2 Å². The first-order valence-corrected chi connectivity index (χ1v) is 8.11. The van der Waals surface area contributed by atoms with Gasteiger partial charge < -0.3 is 0 Å². The van der Waals surface area contributed by atoms with Crippen molar-refractivity contribution in [3.63, 3.8) is 0 Å². The fourth-order valence-electron chi connectivity index (χ4n) is 1.80. The van der Waals surface area contributed by atoms with Crippen LogP contribution < -0.4 is 0 Å². The third-order valence-electron chi connectivity index (χ3n) is 3.04. The van der Waals surface area contributed by atoms with E-state index in [-0.39, 0.29) is 10.7 Å². The molecule has 0 saturated heterocycles. The number of nitrogens with zero attached hydrogens (tertiary/aromatic N) is 6. The lowest BCUT2D eigenvalue weighted by Crippen LogP contribution is -2.23. The molecule has 0 N–H and O–H groups in total. The fraction of sp³-hybridized carbons (Fsp3) is 0.0667. The van der Waals surface area contributed by atoms with Gasteiger partial charge in [-0.3, -0.25) is 0 Å². The van der Waals surface area contributed by atoms with Crippen LogP contribution in [0.3, 0.4) is 0 Å². The normalized spacial score (nSPS) is 11.2. The van der Waals surface area contributed by atoms with Gasteiger partial charge in [-0.15, -0.1) is 0 Å². The van der Waals surface area contributed by atoms with E-state index in [9.17, 15) is 8.42 Å². The van der Waals surface area contributed by atoms with Crippen LogP contribution in [0.15, 0.2) is 69.7 Å². The molecule has 24 heavy (non-hydrogen) atoms. The molecule has 2 aromatic rings. The smallest absolute Gasteiger partial charge is 0.200 e. The highest BCUT2D eigenvalue weighted by atomic mass is 32.2. The Bertz CT molecular complexity index is 940. The van der Waals surface area contributed by atoms with Crippen molar-refractivity contribution in [1.29, 1.82) is 5.26 Å². The summed E-state index contributed by atoms with van der Waals surface area (Å²) in [6.45, 7) is 0. The van der Waals surface area contributed by atoms with Crippen LogP contribution in [0.5, 0.6) is 0 Å². The molecule has 0 spiro atoms. The van der Waals surface area contributed by atoms with Gasteiger partial charge >= 0.3 is 0 Å². The molecule has 0 saturated carbocycles. The van der Waals surface area contributed by atoms with Gasteiger partial charge in [0.2, 0.25) is 0 Å². The molecule has 8 nitrogen and oxygen atoms in total. The number of benzene rings is 2. The van der Waals surface area contributed by atoms with E-state index in [0.717, 1.165) is 4.41 Å². The highest BCUT2D eigenvalue weighted by molar-refractivity contribution is 7.89. The third-order valence-corrected chi connectivity index (χ3v) is 4.68. The number of hydrogen-bond donors (Lipinski definition) is 0. The summed E-state index contributed by atoms with van der Waals surface area (Å²) in [6.07, 6.45) is 0. The monoisotopic (exact) mass is 340 g/mol. The molecule has 0 radical (unpaired) electrons. The van der Waals surface area contributed by atoms with Crippen molar-refractivity contribution in [2.45, 2.75) is 4.90 Å². The van der Waals surface area contributed by atoms with Crippen molar-refractivity contribution in [2.24, 2.45) is 10.2 Å². The number of hydrazone groups is 1. The number of nitriles is 1. The second-order valence-corrected chi connectivity index (χ2v) is 6.50. The molecule has 0 atom stereocenters. The fourth-order valence-corrected chi connectivity index (χ4v) is 2.79. The average Bonchev–Trinajstić information content (AvgIpc) is 2.62. The molecule has 0 amide bonds. The zero-order chi connectivity index (χ0) is 17.6. The quantitative estimate of drug-likeness (QED) is 0.212. The molecule has 9 heteroatoms. The molecule has 2 rings (SSSR count). The van der Waals surface area contributed by atoms with E-state index in [2.05, 4.69) is 15.1 Å². The Hall–Kier alpha value is -3.34. The minimum absolute atomic E-state index is 0.0661. The minimum atomic E-state index is -3.86. The lowest BCUT2D eigenvalue weighted by Gasteiger charge is -2.15. The van der Waals surface area contributed by atoms with Crippen molar-refractivity contribution in [2.75, 3.05) is 7.05 Å². The Labute approximate surface area is 138 Å². The maximum atomic E-state index is 12.4. The van der Waals surface area contributed by atoms with Crippen LogP contribution in [0.2, 0.25) is 0 Å². The van der Waals surface area contributed by atoms with Crippen molar-refractivity contribution >= 4 is 15.9 Å². The molecule has 0 bridgehead atoms. The van der Waals surface area contributed by atoms with E-state index < -0.39 is 10.0 Å². The van der Waals surface area contributed by atoms with Crippen molar-refractivity contribution < 1.29 is 8.42 Å². The van der Waals surface area contributed by atoms with Gasteiger partial charge in [0.1, 0.15) is 0 Å². The standard InChI is InChI=1S/C15H12N6O2S/c1-21(24(22,23)14-5-3-2-4-6-14)19-15(18-20-17)13-9-7-12(11-16)8-10-13/h2-10H,1H3/b19-15-. The highest BCUT2D eigenvalue weighted by Gasteiger charge is 2.19. The molecule has 0 aliphatic carbocycles. The number of rotatable bonds is 4. The van der Waals surface area contributed by atoms with Gasteiger partial charge in [-0.25, -0.2) is 0 Å². The molecular weight excluding hydrogens is 328 g/mol. The second-order valence-electron chi connectivity index (χ2n) is 4.55. The van der Waals surface area contributed by atoms with Gasteiger partial charge in [0.25, 0.3) is 10.0 Å². The van der Waals surface area contributed by atoms with Crippen LogP contribution in [0.4, 0.5) is 0 Å². The summed E-state index contributed by atoms with van der Waals surface area (Å²) >= 11 is 0. The van der Waals surface area contributed by atoms with Gasteiger partial charge in [-0.2, -0.15) is 23.2 Å². The summed E-state index contributed by atoms with van der Waals surface area (Å²) in [7, 11) is -2.61. The topological polar surface area (TPSA) is 122 Å². The average molecular weight is 340 g/mol. The van der Waals surface area contributed by atoms with Gasteiger partial charge in [-0.1, -0.05) is 30.3 Å². The highest BCUT2D eigenvalue weighted by Crippen LogP contribution is 2.15. The van der Waals surface area contributed by atoms with Gasteiger partial charge in [0.15, 0.2) is 5.84 Å². The van der Waals surface area contributed by atoms with Crippen LogP contribution in [0, 0.1) is 11.3 Å². The lowest BCUT2D eigenvalue weighted by atomic mass is 10.1. The predicted octanol–water partition coefficient (Wildman–Crippen LogP) is 2.85. The summed E-state index contributed by atoms with van der Waals surface area (Å²) in [5, 5.41) is 16.1. The first-order chi connectivity index (χ1) is 11.5. The summed E-state index contributed by atoms with van der Waals surface area (Å²) < 4.78 is 25.6. The molecule has 0 aromatic heterocycles. The Balaban J connectivity index is 2.43. The van der Waals surface area contributed by atoms with Gasteiger partial charge in [0, 0.05) is 17.5 Å². The van der Waals surface area contributed by atoms with E-state index in [0.29, 0.717) is 11.1 Å². The summed E-state index contributed by atoms with van der Waals surface area (Å²) in [5.41, 5.74) is 9.50. The molecule has 0 heterocycles. The Morgan fingerprint density at radius 1 is 1.17 bits per heavy atom. The van der Waals surface area contributed by atoms with Crippen molar-refractivity contribution in [3.05, 3.63) is 76.2 Å². The zero-order valence-electron chi connectivity index (χ0n) is 12.6. The molecule has 2 aromatic carbocycles. The van der Waals surface area contributed by atoms with Crippen LogP contribution in [-0.4, -0.2) is 25.7 Å². The van der Waals surface area contributed by atoms with Crippen molar-refractivity contribution in [3.8, 4) is 6.07 Å². The molecule has 0 fully saturated rings. The maximum Gasteiger partial charge on any atom is 0.278 e. The molecule has 120 valence electrons. The first kappa shape index (κ1) is 17.0. The minimum Gasteiger partial charge on any atom is -0.200 e. The van der Waals surface area contributed by atoms with Crippen LogP contribution in [0.25, 0.3) is 10.4 Å². The van der Waals surface area contributed by atoms with E-state index in [4.69, 9.17) is 10.8 Å². The maximum absolute atomic E-state index is 12.4. The zero-order valence-corrected chi connectivity index (χ0v) is 13.4. The molecule has 0 aliphatic rings. The summed E-state index contributed by atoms with van der Waals surface area (Å²) in [5.74, 6) is -0.121. The SMILES string of the molecule is CN(/N=C(\N=[N+]=[N-])c1ccc(C#N)cc1)S(=O)(=O)c1ccccc1. The van der Waals surface area contributed by atoms with E-state index in [1.165, 1.54) is 43.4 Å². The van der Waals surface area contributed by atoms with Crippen LogP contribution >= 0.6 is 0 Å². The second kappa shape index (κ2) is 7.28. The Kier molecular flexibility index (Phi) is 5.16. The number of amidine groups is 1. The van der Waals surface area contributed by atoms with Crippen molar-refractivity contribution in [1.82, 2.24) is 4.41 Å². The van der Waals surface area contributed by atoms with Crippen LogP contribution in [-0.2, 0) is 10.0 Å². The van der Waals surface area contributed by atoms with E-state index in [1.807, 2.05) is 6.07 Å². The largest absolute Gasteiger partial charge is 0.278 e.